The van der Waals surface area contributed by atoms with Crippen LogP contribution in [-0.4, -0.2) is 12.1 Å². The minimum Gasteiger partial charge on any atom is -0.489 e. The van der Waals surface area contributed by atoms with Crippen molar-refractivity contribution in [3.05, 3.63) is 28.8 Å². The summed E-state index contributed by atoms with van der Waals surface area (Å²) in [4.78, 5) is 0. The van der Waals surface area contributed by atoms with Gasteiger partial charge in [-0.3, -0.25) is 0 Å². The quantitative estimate of drug-likeness (QED) is 0.885. The largest absolute Gasteiger partial charge is 0.489 e. The van der Waals surface area contributed by atoms with E-state index in [2.05, 4.69) is 27.7 Å². The highest BCUT2D eigenvalue weighted by Crippen LogP contribution is 2.54. The van der Waals surface area contributed by atoms with Gasteiger partial charge in [-0.2, -0.15) is 0 Å². The van der Waals surface area contributed by atoms with Gasteiger partial charge >= 0.3 is 0 Å². The Hall–Kier alpha value is -0.730. The van der Waals surface area contributed by atoms with Crippen molar-refractivity contribution in [1.29, 1.82) is 0 Å². The third kappa shape index (κ3) is 1.92. The minimum atomic E-state index is -0.0130. The predicted molar refractivity (Wildman–Crippen MR) is 76.1 cm³/mol. The first kappa shape index (κ1) is 13.7. The second-order valence-electron chi connectivity index (χ2n) is 6.53. The highest BCUT2D eigenvalue weighted by Gasteiger charge is 2.61. The van der Waals surface area contributed by atoms with Crippen molar-refractivity contribution in [3.63, 3.8) is 0 Å². The van der Waals surface area contributed by atoms with E-state index in [9.17, 15) is 0 Å². The Morgan fingerprint density at radius 1 is 1.17 bits per heavy atom. The van der Waals surface area contributed by atoms with E-state index in [-0.39, 0.29) is 23.0 Å². The summed E-state index contributed by atoms with van der Waals surface area (Å²) < 4.78 is 6.12. The highest BCUT2D eigenvalue weighted by atomic mass is 35.5. The average molecular weight is 268 g/mol. The minimum absolute atomic E-state index is 0.0130. The van der Waals surface area contributed by atoms with Gasteiger partial charge < -0.3 is 10.5 Å². The van der Waals surface area contributed by atoms with Gasteiger partial charge in [0.05, 0.1) is 0 Å². The van der Waals surface area contributed by atoms with Crippen molar-refractivity contribution in [2.75, 3.05) is 0 Å². The zero-order valence-corrected chi connectivity index (χ0v) is 12.5. The number of aryl methyl sites for hydroxylation is 1. The summed E-state index contributed by atoms with van der Waals surface area (Å²) in [5.41, 5.74) is 7.26. The van der Waals surface area contributed by atoms with Crippen LogP contribution in [0.1, 0.15) is 33.3 Å². The zero-order valence-electron chi connectivity index (χ0n) is 11.8. The predicted octanol–water partition coefficient (Wildman–Crippen LogP) is 3.79. The smallest absolute Gasteiger partial charge is 0.121 e. The number of benzene rings is 1. The molecular weight excluding hydrogens is 246 g/mol. The Bertz CT molecular complexity index is 452. The summed E-state index contributed by atoms with van der Waals surface area (Å²) in [6, 6.07) is 5.98. The van der Waals surface area contributed by atoms with E-state index >= 15 is 0 Å². The molecule has 100 valence electrons. The van der Waals surface area contributed by atoms with E-state index in [1.807, 2.05) is 25.1 Å². The normalized spacial score (nSPS) is 28.6. The monoisotopic (exact) mass is 267 g/mol. The first-order valence-electron chi connectivity index (χ1n) is 6.35. The van der Waals surface area contributed by atoms with Gasteiger partial charge in [0.25, 0.3) is 0 Å². The fourth-order valence-corrected chi connectivity index (χ4v) is 3.40. The van der Waals surface area contributed by atoms with Crippen LogP contribution in [0.25, 0.3) is 0 Å². The molecule has 0 unspecified atom stereocenters. The maximum atomic E-state index is 6.23. The molecule has 0 bridgehead atoms. The van der Waals surface area contributed by atoms with Crippen molar-refractivity contribution >= 4 is 11.6 Å². The molecule has 1 aromatic carbocycles. The molecule has 0 aliphatic heterocycles. The van der Waals surface area contributed by atoms with Crippen LogP contribution in [0.2, 0.25) is 5.02 Å². The van der Waals surface area contributed by atoms with Crippen molar-refractivity contribution in [3.8, 4) is 5.75 Å². The third-order valence-corrected chi connectivity index (χ3v) is 4.76. The van der Waals surface area contributed by atoms with Crippen molar-refractivity contribution in [1.82, 2.24) is 0 Å². The van der Waals surface area contributed by atoms with E-state index in [1.165, 1.54) is 0 Å². The Morgan fingerprint density at radius 2 is 1.72 bits per heavy atom. The number of nitrogens with two attached hydrogens (primary N) is 1. The second-order valence-corrected chi connectivity index (χ2v) is 6.94. The highest BCUT2D eigenvalue weighted by molar-refractivity contribution is 6.31. The number of halogens is 1. The van der Waals surface area contributed by atoms with E-state index in [0.29, 0.717) is 0 Å². The molecule has 1 aliphatic rings. The summed E-state index contributed by atoms with van der Waals surface area (Å²) in [6.45, 7) is 10.6. The summed E-state index contributed by atoms with van der Waals surface area (Å²) in [6.07, 6.45) is 0.110. The molecule has 1 fully saturated rings. The molecule has 1 aromatic rings. The van der Waals surface area contributed by atoms with Gasteiger partial charge in [-0.05, 0) is 24.6 Å². The molecule has 0 heterocycles. The standard InChI is InChI=1S/C15H22ClNO/c1-9-6-7-10(8-11(9)16)18-13-14(2,3)12(17)15(13,4)5/h6-8,12-13H,17H2,1-5H3. The number of hydrogen-bond donors (Lipinski definition) is 1. The van der Waals surface area contributed by atoms with E-state index in [4.69, 9.17) is 22.1 Å². The molecule has 0 amide bonds. The molecular formula is C15H22ClNO. The number of ether oxygens (including phenoxy) is 1. The SMILES string of the molecule is Cc1ccc(OC2C(C)(C)C(N)C2(C)C)cc1Cl. The van der Waals surface area contributed by atoms with E-state index < -0.39 is 0 Å². The summed E-state index contributed by atoms with van der Waals surface area (Å²) in [7, 11) is 0. The number of hydrogen-bond acceptors (Lipinski definition) is 2. The summed E-state index contributed by atoms with van der Waals surface area (Å²) in [5, 5.41) is 0.742. The Balaban J connectivity index is 2.21. The molecule has 1 saturated carbocycles. The lowest BCUT2D eigenvalue weighted by Gasteiger charge is -2.61. The molecule has 0 aromatic heterocycles. The summed E-state index contributed by atoms with van der Waals surface area (Å²) in [5.74, 6) is 0.823. The van der Waals surface area contributed by atoms with Crippen LogP contribution in [0, 0.1) is 17.8 Å². The molecule has 0 saturated heterocycles. The lowest BCUT2D eigenvalue weighted by atomic mass is 9.50. The van der Waals surface area contributed by atoms with Crippen molar-refractivity contribution in [2.24, 2.45) is 16.6 Å². The Kier molecular flexibility index (Phi) is 3.15. The van der Waals surface area contributed by atoms with Crippen molar-refractivity contribution < 1.29 is 4.74 Å². The van der Waals surface area contributed by atoms with Gasteiger partial charge in [0.1, 0.15) is 11.9 Å². The van der Waals surface area contributed by atoms with Gasteiger partial charge in [0.2, 0.25) is 0 Å². The molecule has 1 aliphatic carbocycles. The second kappa shape index (κ2) is 4.14. The van der Waals surface area contributed by atoms with Crippen LogP contribution in [0.5, 0.6) is 5.75 Å². The lowest BCUT2D eigenvalue weighted by molar-refractivity contribution is -0.155. The van der Waals surface area contributed by atoms with Crippen LogP contribution < -0.4 is 10.5 Å². The topological polar surface area (TPSA) is 35.2 Å². The van der Waals surface area contributed by atoms with Gasteiger partial charge in [0.15, 0.2) is 0 Å². The van der Waals surface area contributed by atoms with Crippen LogP contribution in [-0.2, 0) is 0 Å². The molecule has 2 rings (SSSR count). The first-order chi connectivity index (χ1) is 8.17. The number of rotatable bonds is 2. The van der Waals surface area contributed by atoms with Gasteiger partial charge in [-0.15, -0.1) is 0 Å². The van der Waals surface area contributed by atoms with Gasteiger partial charge in [0, 0.05) is 21.9 Å². The third-order valence-electron chi connectivity index (χ3n) is 4.35. The average Bonchev–Trinajstić information content (AvgIpc) is 2.29. The molecule has 18 heavy (non-hydrogen) atoms. The summed E-state index contributed by atoms with van der Waals surface area (Å²) >= 11 is 6.12. The van der Waals surface area contributed by atoms with Crippen LogP contribution >= 0.6 is 11.6 Å². The molecule has 3 heteroatoms. The molecule has 0 spiro atoms. The Morgan fingerprint density at radius 3 is 2.22 bits per heavy atom. The fraction of sp³-hybridized carbons (Fsp3) is 0.600. The van der Waals surface area contributed by atoms with E-state index in [0.717, 1.165) is 16.3 Å². The maximum Gasteiger partial charge on any atom is 0.121 e. The van der Waals surface area contributed by atoms with E-state index in [1.54, 1.807) is 0 Å². The van der Waals surface area contributed by atoms with Crippen LogP contribution in [0.4, 0.5) is 0 Å². The lowest BCUT2D eigenvalue weighted by Crippen LogP contribution is -2.72. The molecule has 0 atom stereocenters. The first-order valence-corrected chi connectivity index (χ1v) is 6.73. The molecule has 2 N–H and O–H groups in total. The zero-order chi connectivity index (χ0) is 13.7. The van der Waals surface area contributed by atoms with Gasteiger partial charge in [-0.1, -0.05) is 45.4 Å². The maximum absolute atomic E-state index is 6.23. The van der Waals surface area contributed by atoms with Crippen LogP contribution in [0.3, 0.4) is 0 Å². The van der Waals surface area contributed by atoms with Crippen molar-refractivity contribution in [2.45, 2.75) is 46.8 Å². The molecule has 2 nitrogen and oxygen atoms in total. The molecule has 0 radical (unpaired) electrons. The fourth-order valence-electron chi connectivity index (χ4n) is 3.23. The van der Waals surface area contributed by atoms with Crippen LogP contribution in [0.15, 0.2) is 18.2 Å². The Labute approximate surface area is 114 Å². The van der Waals surface area contributed by atoms with Gasteiger partial charge in [-0.25, -0.2) is 0 Å².